The first-order valence-corrected chi connectivity index (χ1v) is 5.21. The van der Waals surface area contributed by atoms with Crippen LogP contribution in [0, 0.1) is 5.82 Å². The number of hydrogen-bond acceptors (Lipinski definition) is 3. The molecule has 0 saturated carbocycles. The zero-order chi connectivity index (χ0) is 11.7. The SMILES string of the molecule is CCn1c(C(O)CN)nc2cc(F)ccc21. The fourth-order valence-electron chi connectivity index (χ4n) is 1.81. The fourth-order valence-corrected chi connectivity index (χ4v) is 1.81. The van der Waals surface area contributed by atoms with Gasteiger partial charge in [0.25, 0.3) is 0 Å². The van der Waals surface area contributed by atoms with Crippen LogP contribution < -0.4 is 5.73 Å². The van der Waals surface area contributed by atoms with Crippen LogP contribution in [0.2, 0.25) is 0 Å². The lowest BCUT2D eigenvalue weighted by molar-refractivity contribution is 0.172. The van der Waals surface area contributed by atoms with Crippen LogP contribution in [0.1, 0.15) is 18.9 Å². The van der Waals surface area contributed by atoms with E-state index in [1.165, 1.54) is 12.1 Å². The molecule has 0 fully saturated rings. The topological polar surface area (TPSA) is 64.1 Å². The number of aliphatic hydroxyl groups is 1. The molecule has 0 aliphatic rings. The van der Waals surface area contributed by atoms with E-state index in [1.54, 1.807) is 6.07 Å². The first-order valence-electron chi connectivity index (χ1n) is 5.21. The van der Waals surface area contributed by atoms with Crippen molar-refractivity contribution in [1.29, 1.82) is 0 Å². The summed E-state index contributed by atoms with van der Waals surface area (Å²) >= 11 is 0. The van der Waals surface area contributed by atoms with E-state index in [9.17, 15) is 9.50 Å². The third-order valence-electron chi connectivity index (χ3n) is 2.58. The van der Waals surface area contributed by atoms with Crippen LogP contribution in [0.5, 0.6) is 0 Å². The maximum atomic E-state index is 13.0. The van der Waals surface area contributed by atoms with Gasteiger partial charge in [-0.3, -0.25) is 0 Å². The second-order valence-corrected chi connectivity index (χ2v) is 3.60. The minimum Gasteiger partial charge on any atom is -0.384 e. The highest BCUT2D eigenvalue weighted by molar-refractivity contribution is 5.76. The van der Waals surface area contributed by atoms with Crippen LogP contribution in [0.25, 0.3) is 11.0 Å². The van der Waals surface area contributed by atoms with Crippen molar-refractivity contribution in [3.05, 3.63) is 29.8 Å². The maximum Gasteiger partial charge on any atom is 0.140 e. The molecule has 5 heteroatoms. The molecule has 0 spiro atoms. The van der Waals surface area contributed by atoms with Crippen molar-refractivity contribution in [1.82, 2.24) is 9.55 Å². The summed E-state index contributed by atoms with van der Waals surface area (Å²) in [6, 6.07) is 4.40. The number of halogens is 1. The van der Waals surface area contributed by atoms with E-state index < -0.39 is 6.10 Å². The summed E-state index contributed by atoms with van der Waals surface area (Å²) in [5.41, 5.74) is 6.76. The minimum absolute atomic E-state index is 0.103. The van der Waals surface area contributed by atoms with E-state index in [0.29, 0.717) is 17.9 Å². The molecule has 0 radical (unpaired) electrons. The molecule has 86 valence electrons. The molecule has 0 saturated heterocycles. The Morgan fingerprint density at radius 1 is 1.56 bits per heavy atom. The van der Waals surface area contributed by atoms with E-state index in [-0.39, 0.29) is 12.4 Å². The van der Waals surface area contributed by atoms with Gasteiger partial charge in [0, 0.05) is 19.2 Å². The number of rotatable bonds is 3. The Balaban J connectivity index is 2.65. The van der Waals surface area contributed by atoms with Gasteiger partial charge in [-0.1, -0.05) is 0 Å². The van der Waals surface area contributed by atoms with Crippen LogP contribution in [0.4, 0.5) is 4.39 Å². The molecule has 16 heavy (non-hydrogen) atoms. The summed E-state index contributed by atoms with van der Waals surface area (Å²) in [4.78, 5) is 4.21. The van der Waals surface area contributed by atoms with Crippen LogP contribution in [0.3, 0.4) is 0 Å². The summed E-state index contributed by atoms with van der Waals surface area (Å²) in [6.07, 6.45) is -0.810. The number of nitrogens with two attached hydrogens (primary N) is 1. The lowest BCUT2D eigenvalue weighted by Crippen LogP contribution is -2.16. The fraction of sp³-hybridized carbons (Fsp3) is 0.364. The molecule has 1 heterocycles. The molecule has 1 unspecified atom stereocenters. The Morgan fingerprint density at radius 3 is 2.94 bits per heavy atom. The van der Waals surface area contributed by atoms with Crippen molar-refractivity contribution in [3.63, 3.8) is 0 Å². The number of fused-ring (bicyclic) bond motifs is 1. The number of aryl methyl sites for hydroxylation is 1. The second-order valence-electron chi connectivity index (χ2n) is 3.60. The maximum absolute atomic E-state index is 13.0. The van der Waals surface area contributed by atoms with Gasteiger partial charge in [0.1, 0.15) is 17.7 Å². The molecule has 2 aromatic rings. The van der Waals surface area contributed by atoms with Gasteiger partial charge in [0.05, 0.1) is 11.0 Å². The largest absolute Gasteiger partial charge is 0.384 e. The Bertz CT molecular complexity index is 509. The van der Waals surface area contributed by atoms with Crippen LogP contribution in [-0.2, 0) is 6.54 Å². The predicted octanol–water partition coefficient (Wildman–Crippen LogP) is 1.19. The van der Waals surface area contributed by atoms with Crippen molar-refractivity contribution in [2.24, 2.45) is 5.73 Å². The monoisotopic (exact) mass is 223 g/mol. The van der Waals surface area contributed by atoms with Crippen molar-refractivity contribution in [2.45, 2.75) is 19.6 Å². The zero-order valence-corrected chi connectivity index (χ0v) is 9.02. The van der Waals surface area contributed by atoms with E-state index >= 15 is 0 Å². The van der Waals surface area contributed by atoms with Gasteiger partial charge >= 0.3 is 0 Å². The summed E-state index contributed by atoms with van der Waals surface area (Å²) in [5, 5.41) is 9.71. The smallest absolute Gasteiger partial charge is 0.140 e. The molecule has 0 amide bonds. The van der Waals surface area contributed by atoms with E-state index in [4.69, 9.17) is 5.73 Å². The van der Waals surface area contributed by atoms with Crippen molar-refractivity contribution in [2.75, 3.05) is 6.54 Å². The third kappa shape index (κ3) is 1.68. The van der Waals surface area contributed by atoms with E-state index in [2.05, 4.69) is 4.98 Å². The Morgan fingerprint density at radius 2 is 2.31 bits per heavy atom. The highest BCUT2D eigenvalue weighted by Gasteiger charge is 2.16. The first kappa shape index (κ1) is 11.0. The molecule has 0 aliphatic heterocycles. The molecule has 0 bridgehead atoms. The minimum atomic E-state index is -0.810. The number of aromatic nitrogens is 2. The second kappa shape index (κ2) is 4.19. The molecule has 0 aliphatic carbocycles. The highest BCUT2D eigenvalue weighted by Crippen LogP contribution is 2.21. The summed E-state index contributed by atoms with van der Waals surface area (Å²) in [7, 11) is 0. The number of nitrogens with zero attached hydrogens (tertiary/aromatic N) is 2. The Kier molecular flexibility index (Phi) is 2.89. The average molecular weight is 223 g/mol. The Hall–Kier alpha value is -1.46. The van der Waals surface area contributed by atoms with Crippen LogP contribution in [0.15, 0.2) is 18.2 Å². The van der Waals surface area contributed by atoms with Crippen molar-refractivity contribution >= 4 is 11.0 Å². The molecule has 1 aromatic heterocycles. The molecule has 4 nitrogen and oxygen atoms in total. The third-order valence-corrected chi connectivity index (χ3v) is 2.58. The summed E-state index contributed by atoms with van der Waals surface area (Å²) in [6.45, 7) is 2.71. The van der Waals surface area contributed by atoms with E-state index in [0.717, 1.165) is 5.52 Å². The van der Waals surface area contributed by atoms with Gasteiger partial charge in [-0.05, 0) is 19.1 Å². The van der Waals surface area contributed by atoms with Gasteiger partial charge in [-0.25, -0.2) is 9.37 Å². The lowest BCUT2D eigenvalue weighted by atomic mass is 10.3. The average Bonchev–Trinajstić information content (AvgIpc) is 2.65. The lowest BCUT2D eigenvalue weighted by Gasteiger charge is -2.09. The summed E-state index contributed by atoms with van der Waals surface area (Å²) < 4.78 is 14.9. The quantitative estimate of drug-likeness (QED) is 0.821. The molecule has 1 atom stereocenters. The highest BCUT2D eigenvalue weighted by atomic mass is 19.1. The van der Waals surface area contributed by atoms with E-state index in [1.807, 2.05) is 11.5 Å². The number of imidazole rings is 1. The summed E-state index contributed by atoms with van der Waals surface area (Å²) in [5.74, 6) is 0.160. The number of aliphatic hydroxyl groups excluding tert-OH is 1. The van der Waals surface area contributed by atoms with Gasteiger partial charge in [-0.15, -0.1) is 0 Å². The molecule has 1 aromatic carbocycles. The molecular formula is C11H14FN3O. The van der Waals surface area contributed by atoms with Gasteiger partial charge in [0.2, 0.25) is 0 Å². The van der Waals surface area contributed by atoms with Gasteiger partial charge < -0.3 is 15.4 Å². The predicted molar refractivity (Wildman–Crippen MR) is 59.4 cm³/mol. The van der Waals surface area contributed by atoms with Crippen LogP contribution in [-0.4, -0.2) is 21.2 Å². The van der Waals surface area contributed by atoms with Gasteiger partial charge in [-0.2, -0.15) is 0 Å². The first-order chi connectivity index (χ1) is 7.67. The van der Waals surface area contributed by atoms with Crippen LogP contribution >= 0.6 is 0 Å². The van der Waals surface area contributed by atoms with Gasteiger partial charge in [0.15, 0.2) is 0 Å². The van der Waals surface area contributed by atoms with Crippen molar-refractivity contribution < 1.29 is 9.50 Å². The number of hydrogen-bond donors (Lipinski definition) is 2. The molecule has 3 N–H and O–H groups in total. The molecular weight excluding hydrogens is 209 g/mol. The Labute approximate surface area is 92.5 Å². The standard InChI is InChI=1S/C11H14FN3O/c1-2-15-9-4-3-7(12)5-8(9)14-11(15)10(16)6-13/h3-5,10,16H,2,6,13H2,1H3. The normalized spacial score (nSPS) is 13.2. The zero-order valence-electron chi connectivity index (χ0n) is 9.02. The van der Waals surface area contributed by atoms with Crippen molar-refractivity contribution in [3.8, 4) is 0 Å². The molecule has 2 rings (SSSR count). The number of benzene rings is 1.